The van der Waals surface area contributed by atoms with Gasteiger partial charge in [0.15, 0.2) is 11.5 Å². The summed E-state index contributed by atoms with van der Waals surface area (Å²) in [6.45, 7) is 2.35. The Bertz CT molecular complexity index is 806. The number of fused-ring (bicyclic) bond motifs is 2. The van der Waals surface area contributed by atoms with E-state index in [0.717, 1.165) is 41.8 Å². The first-order valence-electron chi connectivity index (χ1n) is 9.72. The SMILES string of the molecule is COc1cc2nc3c(c(N[C@H]4CCCN(C)CC4)c2cc1OC)CCC3. The number of benzene rings is 1. The van der Waals surface area contributed by atoms with Crippen LogP contribution in [0.5, 0.6) is 11.5 Å². The number of nitrogens with one attached hydrogen (secondary N) is 1. The number of methoxy groups -OCH3 is 2. The van der Waals surface area contributed by atoms with Gasteiger partial charge in [-0.3, -0.25) is 4.98 Å². The maximum Gasteiger partial charge on any atom is 0.162 e. The lowest BCUT2D eigenvalue weighted by Crippen LogP contribution is -2.23. The molecule has 0 saturated carbocycles. The van der Waals surface area contributed by atoms with Crippen molar-refractivity contribution in [1.82, 2.24) is 9.88 Å². The second-order valence-corrected chi connectivity index (χ2v) is 7.57. The Morgan fingerprint density at radius 2 is 1.85 bits per heavy atom. The summed E-state index contributed by atoms with van der Waals surface area (Å²) >= 11 is 0. The zero-order valence-corrected chi connectivity index (χ0v) is 16.1. The van der Waals surface area contributed by atoms with E-state index in [-0.39, 0.29) is 0 Å². The van der Waals surface area contributed by atoms with Crippen LogP contribution < -0.4 is 14.8 Å². The standard InChI is InChI=1S/C21H29N3O2/c1-24-10-5-6-14(9-11-24)22-21-15-7-4-8-17(15)23-18-13-20(26-3)19(25-2)12-16(18)21/h12-14H,4-11H2,1-3H3,(H,22,23)/t14-/m0/s1. The molecule has 5 heteroatoms. The van der Waals surface area contributed by atoms with Crippen LogP contribution in [-0.4, -0.2) is 50.3 Å². The Kier molecular flexibility index (Phi) is 4.90. The molecule has 0 unspecified atom stereocenters. The molecule has 0 amide bonds. The van der Waals surface area contributed by atoms with Crippen molar-refractivity contribution in [3.63, 3.8) is 0 Å². The lowest BCUT2D eigenvalue weighted by Gasteiger charge is -2.22. The minimum Gasteiger partial charge on any atom is -0.493 e. The van der Waals surface area contributed by atoms with Crippen LogP contribution in [0.2, 0.25) is 0 Å². The van der Waals surface area contributed by atoms with Crippen molar-refractivity contribution in [2.45, 2.75) is 44.6 Å². The van der Waals surface area contributed by atoms with E-state index in [9.17, 15) is 0 Å². The van der Waals surface area contributed by atoms with Gasteiger partial charge in [0.25, 0.3) is 0 Å². The minimum atomic E-state index is 0.517. The third-order valence-corrected chi connectivity index (χ3v) is 5.82. The van der Waals surface area contributed by atoms with Crippen molar-refractivity contribution in [1.29, 1.82) is 0 Å². The van der Waals surface area contributed by atoms with Gasteiger partial charge in [-0.05, 0) is 70.3 Å². The molecule has 2 aliphatic rings. The van der Waals surface area contributed by atoms with E-state index >= 15 is 0 Å². The highest BCUT2D eigenvalue weighted by Crippen LogP contribution is 2.40. The number of aryl methyl sites for hydroxylation is 1. The third-order valence-electron chi connectivity index (χ3n) is 5.82. The largest absolute Gasteiger partial charge is 0.493 e. The van der Waals surface area contributed by atoms with Crippen LogP contribution in [0, 0.1) is 0 Å². The van der Waals surface area contributed by atoms with Gasteiger partial charge in [0, 0.05) is 28.9 Å². The molecule has 1 N–H and O–H groups in total. The van der Waals surface area contributed by atoms with Gasteiger partial charge in [-0.15, -0.1) is 0 Å². The maximum absolute atomic E-state index is 5.56. The van der Waals surface area contributed by atoms with Gasteiger partial charge in [0.1, 0.15) is 0 Å². The Hall–Kier alpha value is -2.01. The van der Waals surface area contributed by atoms with Crippen LogP contribution >= 0.6 is 0 Å². The molecule has 5 nitrogen and oxygen atoms in total. The van der Waals surface area contributed by atoms with Gasteiger partial charge in [-0.2, -0.15) is 0 Å². The van der Waals surface area contributed by atoms with Crippen LogP contribution in [0.3, 0.4) is 0 Å². The van der Waals surface area contributed by atoms with E-state index in [4.69, 9.17) is 14.5 Å². The van der Waals surface area contributed by atoms with Crippen LogP contribution in [-0.2, 0) is 12.8 Å². The summed E-state index contributed by atoms with van der Waals surface area (Å²) in [5.41, 5.74) is 4.93. The molecule has 26 heavy (non-hydrogen) atoms. The third kappa shape index (κ3) is 3.20. The fourth-order valence-electron chi connectivity index (χ4n) is 4.34. The first-order chi connectivity index (χ1) is 12.7. The first-order valence-corrected chi connectivity index (χ1v) is 9.72. The minimum absolute atomic E-state index is 0.517. The van der Waals surface area contributed by atoms with Crippen LogP contribution in [0.25, 0.3) is 10.9 Å². The second kappa shape index (κ2) is 7.31. The highest BCUT2D eigenvalue weighted by molar-refractivity contribution is 5.96. The predicted molar refractivity (Wildman–Crippen MR) is 106 cm³/mol. The number of hydrogen-bond donors (Lipinski definition) is 1. The molecule has 1 saturated heterocycles. The molecule has 0 bridgehead atoms. The quantitative estimate of drug-likeness (QED) is 0.907. The van der Waals surface area contributed by atoms with Crippen LogP contribution in [0.1, 0.15) is 36.9 Å². The van der Waals surface area contributed by atoms with Crippen molar-refractivity contribution in [2.75, 3.05) is 39.7 Å². The van der Waals surface area contributed by atoms with E-state index < -0.39 is 0 Å². The van der Waals surface area contributed by atoms with Crippen molar-refractivity contribution in [2.24, 2.45) is 0 Å². The molecule has 2 heterocycles. The Morgan fingerprint density at radius 1 is 1.04 bits per heavy atom. The van der Waals surface area contributed by atoms with E-state index in [1.165, 1.54) is 49.2 Å². The summed E-state index contributed by atoms with van der Waals surface area (Å²) in [7, 11) is 5.59. The second-order valence-electron chi connectivity index (χ2n) is 7.57. The van der Waals surface area contributed by atoms with E-state index in [1.807, 2.05) is 6.07 Å². The molecule has 0 radical (unpaired) electrons. The maximum atomic E-state index is 5.56. The van der Waals surface area contributed by atoms with E-state index in [1.54, 1.807) is 14.2 Å². The number of nitrogens with zero attached hydrogens (tertiary/aromatic N) is 2. The van der Waals surface area contributed by atoms with Crippen molar-refractivity contribution in [3.8, 4) is 11.5 Å². The van der Waals surface area contributed by atoms with Gasteiger partial charge >= 0.3 is 0 Å². The lowest BCUT2D eigenvalue weighted by atomic mass is 10.0. The van der Waals surface area contributed by atoms with Crippen molar-refractivity contribution < 1.29 is 9.47 Å². The Labute approximate surface area is 155 Å². The smallest absolute Gasteiger partial charge is 0.162 e. The molecule has 4 rings (SSSR count). The molecule has 1 fully saturated rings. The molecule has 1 aromatic carbocycles. The summed E-state index contributed by atoms with van der Waals surface area (Å²) in [5.74, 6) is 1.51. The molecule has 140 valence electrons. The average molecular weight is 355 g/mol. The van der Waals surface area contributed by atoms with Crippen LogP contribution in [0.4, 0.5) is 5.69 Å². The number of aromatic nitrogens is 1. The molecular weight excluding hydrogens is 326 g/mol. The monoisotopic (exact) mass is 355 g/mol. The fourth-order valence-corrected chi connectivity index (χ4v) is 4.34. The zero-order chi connectivity index (χ0) is 18.1. The average Bonchev–Trinajstić information content (AvgIpc) is 3.03. The molecule has 1 aromatic heterocycles. The van der Waals surface area contributed by atoms with Crippen LogP contribution in [0.15, 0.2) is 12.1 Å². The van der Waals surface area contributed by atoms with Crippen molar-refractivity contribution >= 4 is 16.6 Å². The molecule has 1 aliphatic heterocycles. The zero-order valence-electron chi connectivity index (χ0n) is 16.1. The van der Waals surface area contributed by atoms with E-state index in [2.05, 4.69) is 23.3 Å². The highest BCUT2D eigenvalue weighted by atomic mass is 16.5. The van der Waals surface area contributed by atoms with Gasteiger partial charge in [0.05, 0.1) is 19.7 Å². The normalized spacial score (nSPS) is 20.7. The molecule has 0 spiro atoms. The number of hydrogen-bond acceptors (Lipinski definition) is 5. The van der Waals surface area contributed by atoms with Crippen molar-refractivity contribution in [3.05, 3.63) is 23.4 Å². The summed E-state index contributed by atoms with van der Waals surface area (Å²) < 4.78 is 11.0. The molecular formula is C21H29N3O2. The Balaban J connectivity index is 1.78. The number of anilines is 1. The molecule has 2 aromatic rings. The van der Waals surface area contributed by atoms with Gasteiger partial charge in [0.2, 0.25) is 0 Å². The fraction of sp³-hybridized carbons (Fsp3) is 0.571. The number of likely N-dealkylation sites (tertiary alicyclic amines) is 1. The number of pyridine rings is 1. The highest BCUT2D eigenvalue weighted by Gasteiger charge is 2.24. The Morgan fingerprint density at radius 3 is 2.65 bits per heavy atom. The summed E-state index contributed by atoms with van der Waals surface area (Å²) in [6, 6.07) is 4.62. The predicted octanol–water partition coefficient (Wildman–Crippen LogP) is 3.64. The molecule has 1 aliphatic carbocycles. The van der Waals surface area contributed by atoms with E-state index in [0.29, 0.717) is 6.04 Å². The summed E-state index contributed by atoms with van der Waals surface area (Å²) in [5, 5.41) is 5.06. The van der Waals surface area contributed by atoms with Gasteiger partial charge in [-0.25, -0.2) is 0 Å². The molecule has 1 atom stereocenters. The van der Waals surface area contributed by atoms with Gasteiger partial charge in [-0.1, -0.05) is 0 Å². The number of rotatable bonds is 4. The lowest BCUT2D eigenvalue weighted by molar-refractivity contribution is 0.348. The topological polar surface area (TPSA) is 46.6 Å². The summed E-state index contributed by atoms with van der Waals surface area (Å²) in [4.78, 5) is 7.38. The number of ether oxygens (including phenoxy) is 2. The summed E-state index contributed by atoms with van der Waals surface area (Å²) in [6.07, 6.45) is 7.02. The van der Waals surface area contributed by atoms with Gasteiger partial charge < -0.3 is 19.7 Å². The first kappa shape index (κ1) is 17.4.